The van der Waals surface area contributed by atoms with Crippen LogP contribution in [0.5, 0.6) is 0 Å². The van der Waals surface area contributed by atoms with E-state index in [1.54, 1.807) is 0 Å². The minimum atomic E-state index is 1.18. The number of hydrogen-bond donors (Lipinski definition) is 0. The average molecular weight is 136 g/mol. The van der Waals surface area contributed by atoms with Crippen molar-refractivity contribution in [2.24, 2.45) is 0 Å². The van der Waals surface area contributed by atoms with Gasteiger partial charge in [-0.25, -0.2) is 0 Å². The Balaban J connectivity index is 3.32. The zero-order valence-electron chi connectivity index (χ0n) is 6.88. The van der Waals surface area contributed by atoms with Crippen LogP contribution in [0.3, 0.4) is 0 Å². The molecule has 0 bridgehead atoms. The van der Waals surface area contributed by atoms with Gasteiger partial charge in [0.15, 0.2) is 0 Å². The van der Waals surface area contributed by atoms with Crippen LogP contribution < -0.4 is 0 Å². The van der Waals surface area contributed by atoms with E-state index in [-0.39, 0.29) is 0 Å². The summed E-state index contributed by atoms with van der Waals surface area (Å²) in [7, 11) is 0. The van der Waals surface area contributed by atoms with Gasteiger partial charge >= 0.3 is 0 Å². The minimum absolute atomic E-state index is 1.18. The standard InChI is InChI=1S/C10H16/c1-3-5-7-9-10-8-6-4-2/h3,5,7-10H,4,6H2,1-2H3/b5-3-,9-7-,10-8-. The minimum Gasteiger partial charge on any atom is -0.0877 e. The largest absolute Gasteiger partial charge is 0.0877 e. The lowest BCUT2D eigenvalue weighted by Gasteiger charge is -1.78. The highest BCUT2D eigenvalue weighted by Crippen LogP contribution is 1.88. The highest BCUT2D eigenvalue weighted by atomic mass is 13.7. The first kappa shape index (κ1) is 9.22. The molecule has 0 heterocycles. The molecule has 0 nitrogen and oxygen atoms in total. The van der Waals surface area contributed by atoms with Crippen LogP contribution in [-0.4, -0.2) is 0 Å². The Bertz CT molecular complexity index is 127. The Morgan fingerprint density at radius 3 is 2.30 bits per heavy atom. The second-order valence-electron chi connectivity index (χ2n) is 2.13. The first-order valence-electron chi connectivity index (χ1n) is 3.86. The van der Waals surface area contributed by atoms with E-state index >= 15 is 0 Å². The van der Waals surface area contributed by atoms with Gasteiger partial charge in [0.2, 0.25) is 0 Å². The SMILES string of the molecule is C\C=C/C=C\C=C/CCC. The van der Waals surface area contributed by atoms with Crippen LogP contribution in [0.4, 0.5) is 0 Å². The maximum atomic E-state index is 2.18. The second kappa shape index (κ2) is 8.22. The molecule has 0 spiro atoms. The van der Waals surface area contributed by atoms with E-state index in [1.807, 2.05) is 25.2 Å². The molecule has 0 aromatic rings. The number of hydrogen-bond acceptors (Lipinski definition) is 0. The summed E-state index contributed by atoms with van der Waals surface area (Å²) in [5.41, 5.74) is 0. The zero-order valence-corrected chi connectivity index (χ0v) is 6.88. The van der Waals surface area contributed by atoms with Gasteiger partial charge in [0.25, 0.3) is 0 Å². The topological polar surface area (TPSA) is 0 Å². The molecule has 0 atom stereocenters. The molecule has 0 aliphatic rings. The molecule has 56 valence electrons. The van der Waals surface area contributed by atoms with Crippen LogP contribution in [0.1, 0.15) is 26.7 Å². The van der Waals surface area contributed by atoms with Gasteiger partial charge in [-0.3, -0.25) is 0 Å². The monoisotopic (exact) mass is 136 g/mol. The summed E-state index contributed by atoms with van der Waals surface area (Å²) in [5.74, 6) is 0. The zero-order chi connectivity index (χ0) is 7.66. The summed E-state index contributed by atoms with van der Waals surface area (Å²) in [6.07, 6.45) is 14.8. The molecule has 10 heavy (non-hydrogen) atoms. The molecule has 0 aromatic heterocycles. The third-order valence-electron chi connectivity index (χ3n) is 1.12. The molecular formula is C10H16. The van der Waals surface area contributed by atoms with Crippen LogP contribution >= 0.6 is 0 Å². The molecule has 0 saturated heterocycles. The Hall–Kier alpha value is -0.780. The Labute approximate surface area is 64.0 Å². The molecule has 0 saturated carbocycles. The van der Waals surface area contributed by atoms with Gasteiger partial charge in [-0.05, 0) is 13.3 Å². The summed E-state index contributed by atoms with van der Waals surface area (Å²) in [5, 5.41) is 0. The molecular weight excluding hydrogens is 120 g/mol. The molecule has 0 radical (unpaired) electrons. The van der Waals surface area contributed by atoms with Gasteiger partial charge in [0.1, 0.15) is 0 Å². The molecule has 0 fully saturated rings. The molecule has 0 unspecified atom stereocenters. The van der Waals surface area contributed by atoms with Gasteiger partial charge in [-0.15, -0.1) is 0 Å². The predicted octanol–water partition coefficient (Wildman–Crippen LogP) is 3.48. The van der Waals surface area contributed by atoms with Crippen LogP contribution in [0.15, 0.2) is 36.5 Å². The van der Waals surface area contributed by atoms with Gasteiger partial charge in [0.05, 0.1) is 0 Å². The smallest absolute Gasteiger partial charge is 0.0350 e. The van der Waals surface area contributed by atoms with Crippen molar-refractivity contribution in [2.75, 3.05) is 0 Å². The number of rotatable bonds is 4. The van der Waals surface area contributed by atoms with E-state index in [2.05, 4.69) is 25.2 Å². The van der Waals surface area contributed by atoms with Gasteiger partial charge in [-0.2, -0.15) is 0 Å². The van der Waals surface area contributed by atoms with E-state index in [4.69, 9.17) is 0 Å². The predicted molar refractivity (Wildman–Crippen MR) is 48.0 cm³/mol. The van der Waals surface area contributed by atoms with Crippen LogP contribution in [0.25, 0.3) is 0 Å². The van der Waals surface area contributed by atoms with Crippen molar-refractivity contribution in [3.05, 3.63) is 36.5 Å². The van der Waals surface area contributed by atoms with E-state index in [0.717, 1.165) is 0 Å². The summed E-state index contributed by atoms with van der Waals surface area (Å²) in [6.45, 7) is 4.19. The molecule has 0 aromatic carbocycles. The van der Waals surface area contributed by atoms with Gasteiger partial charge in [-0.1, -0.05) is 49.8 Å². The fraction of sp³-hybridized carbons (Fsp3) is 0.400. The average Bonchev–Trinajstić information content (AvgIpc) is 1.97. The van der Waals surface area contributed by atoms with Crippen molar-refractivity contribution >= 4 is 0 Å². The molecule has 0 amide bonds. The lowest BCUT2D eigenvalue weighted by atomic mass is 10.3. The van der Waals surface area contributed by atoms with Crippen LogP contribution in [0.2, 0.25) is 0 Å². The van der Waals surface area contributed by atoms with Crippen molar-refractivity contribution in [3.8, 4) is 0 Å². The van der Waals surface area contributed by atoms with Crippen molar-refractivity contribution in [1.29, 1.82) is 0 Å². The fourth-order valence-corrected chi connectivity index (χ4v) is 0.581. The van der Waals surface area contributed by atoms with Crippen molar-refractivity contribution in [1.82, 2.24) is 0 Å². The third-order valence-corrected chi connectivity index (χ3v) is 1.12. The maximum absolute atomic E-state index is 2.18. The fourth-order valence-electron chi connectivity index (χ4n) is 0.581. The third kappa shape index (κ3) is 7.22. The summed E-state index contributed by atoms with van der Waals surface area (Å²) in [6, 6.07) is 0. The highest BCUT2D eigenvalue weighted by molar-refractivity contribution is 5.10. The van der Waals surface area contributed by atoms with Crippen LogP contribution in [-0.2, 0) is 0 Å². The quantitative estimate of drug-likeness (QED) is 0.519. The Morgan fingerprint density at radius 2 is 1.70 bits per heavy atom. The number of unbranched alkanes of at least 4 members (excludes halogenated alkanes) is 1. The van der Waals surface area contributed by atoms with Crippen molar-refractivity contribution < 1.29 is 0 Å². The summed E-state index contributed by atoms with van der Waals surface area (Å²) < 4.78 is 0. The Morgan fingerprint density at radius 1 is 1.00 bits per heavy atom. The molecule has 0 aliphatic heterocycles. The van der Waals surface area contributed by atoms with Crippen molar-refractivity contribution in [3.63, 3.8) is 0 Å². The van der Waals surface area contributed by atoms with E-state index in [0.29, 0.717) is 0 Å². The van der Waals surface area contributed by atoms with Gasteiger partial charge in [0, 0.05) is 0 Å². The van der Waals surface area contributed by atoms with E-state index < -0.39 is 0 Å². The maximum Gasteiger partial charge on any atom is -0.0350 e. The summed E-state index contributed by atoms with van der Waals surface area (Å²) in [4.78, 5) is 0. The highest BCUT2D eigenvalue weighted by Gasteiger charge is 1.67. The second-order valence-corrected chi connectivity index (χ2v) is 2.13. The van der Waals surface area contributed by atoms with Gasteiger partial charge < -0.3 is 0 Å². The van der Waals surface area contributed by atoms with Crippen LogP contribution in [0, 0.1) is 0 Å². The molecule has 0 N–H and O–H groups in total. The first-order chi connectivity index (χ1) is 4.91. The van der Waals surface area contributed by atoms with E-state index in [9.17, 15) is 0 Å². The van der Waals surface area contributed by atoms with Crippen molar-refractivity contribution in [2.45, 2.75) is 26.7 Å². The number of allylic oxidation sites excluding steroid dienone is 6. The molecule has 0 heteroatoms. The Kier molecular flexibility index (Phi) is 7.58. The lowest BCUT2D eigenvalue weighted by Crippen LogP contribution is -1.58. The molecule has 0 rings (SSSR count). The normalized spacial score (nSPS) is 12.6. The summed E-state index contributed by atoms with van der Waals surface area (Å²) >= 11 is 0. The molecule has 0 aliphatic carbocycles. The van der Waals surface area contributed by atoms with E-state index in [1.165, 1.54) is 12.8 Å². The first-order valence-corrected chi connectivity index (χ1v) is 3.86. The lowest BCUT2D eigenvalue weighted by molar-refractivity contribution is 0.959.